The highest BCUT2D eigenvalue weighted by atomic mass is 32.2. The molecule has 0 spiro atoms. The number of rotatable bonds is 5. The van der Waals surface area contributed by atoms with E-state index in [1.165, 1.54) is 16.4 Å². The lowest BCUT2D eigenvalue weighted by atomic mass is 10.1. The van der Waals surface area contributed by atoms with Crippen molar-refractivity contribution in [3.05, 3.63) is 59.7 Å². The average molecular weight is 442 g/mol. The van der Waals surface area contributed by atoms with Crippen molar-refractivity contribution >= 4 is 27.5 Å². The van der Waals surface area contributed by atoms with Crippen LogP contribution in [0.5, 0.6) is 0 Å². The first kappa shape index (κ1) is 21.5. The van der Waals surface area contributed by atoms with Crippen LogP contribution in [0, 0.1) is 0 Å². The van der Waals surface area contributed by atoms with Crippen molar-refractivity contribution in [1.29, 1.82) is 0 Å². The smallest absolute Gasteiger partial charge is 0.255 e. The van der Waals surface area contributed by atoms with Gasteiger partial charge in [0, 0.05) is 43.0 Å². The molecule has 0 saturated carbocycles. The minimum absolute atomic E-state index is 0.0387. The molecule has 0 aromatic heterocycles. The third kappa shape index (κ3) is 4.80. The van der Waals surface area contributed by atoms with Crippen LogP contribution in [0.3, 0.4) is 0 Å². The highest BCUT2D eigenvalue weighted by molar-refractivity contribution is 7.89. The number of sulfonamides is 1. The molecule has 2 fully saturated rings. The molecule has 2 aromatic carbocycles. The number of likely N-dealkylation sites (tertiary alicyclic amines) is 1. The molecule has 2 aliphatic heterocycles. The highest BCUT2D eigenvalue weighted by Gasteiger charge is 2.26. The SMILES string of the molecule is O=C(Nc1cccc(C(=O)N2CCCC2)c1)c1cccc(S(=O)(=O)N2CCCCC2)c1. The van der Waals surface area contributed by atoms with Gasteiger partial charge in [0.1, 0.15) is 0 Å². The summed E-state index contributed by atoms with van der Waals surface area (Å²) in [7, 11) is -3.62. The summed E-state index contributed by atoms with van der Waals surface area (Å²) in [4.78, 5) is 27.3. The average Bonchev–Trinajstić information content (AvgIpc) is 3.34. The van der Waals surface area contributed by atoms with Crippen molar-refractivity contribution in [3.63, 3.8) is 0 Å². The van der Waals surface area contributed by atoms with Crippen LogP contribution < -0.4 is 5.32 Å². The van der Waals surface area contributed by atoms with Gasteiger partial charge in [-0.25, -0.2) is 8.42 Å². The molecule has 1 N–H and O–H groups in total. The number of hydrogen-bond donors (Lipinski definition) is 1. The number of amides is 2. The summed E-state index contributed by atoms with van der Waals surface area (Å²) in [6.07, 6.45) is 4.77. The Balaban J connectivity index is 1.50. The van der Waals surface area contributed by atoms with Crippen LogP contribution in [0.4, 0.5) is 5.69 Å². The lowest BCUT2D eigenvalue weighted by molar-refractivity contribution is 0.0792. The van der Waals surface area contributed by atoms with E-state index in [1.54, 1.807) is 36.4 Å². The zero-order valence-electron chi connectivity index (χ0n) is 17.4. The summed E-state index contributed by atoms with van der Waals surface area (Å²) in [5.41, 5.74) is 1.29. The van der Waals surface area contributed by atoms with Crippen molar-refractivity contribution in [2.45, 2.75) is 37.0 Å². The predicted octanol–water partition coefficient (Wildman–Crippen LogP) is 3.35. The maximum atomic E-state index is 12.9. The molecule has 0 bridgehead atoms. The molecule has 0 aliphatic carbocycles. The van der Waals surface area contributed by atoms with E-state index in [2.05, 4.69) is 5.32 Å². The van der Waals surface area contributed by atoms with E-state index in [1.807, 2.05) is 4.90 Å². The molecular formula is C23H27N3O4S. The number of nitrogens with one attached hydrogen (secondary N) is 1. The largest absolute Gasteiger partial charge is 0.339 e. The number of carbonyl (C=O) groups excluding carboxylic acids is 2. The maximum absolute atomic E-state index is 12.9. The summed E-state index contributed by atoms with van der Waals surface area (Å²) >= 11 is 0. The Morgan fingerprint density at radius 1 is 0.774 bits per heavy atom. The Hall–Kier alpha value is -2.71. The van der Waals surface area contributed by atoms with Crippen LogP contribution in [-0.4, -0.2) is 55.6 Å². The van der Waals surface area contributed by atoms with Gasteiger partial charge in [0.2, 0.25) is 10.0 Å². The quantitative estimate of drug-likeness (QED) is 0.771. The van der Waals surface area contributed by atoms with Gasteiger partial charge in [0.25, 0.3) is 11.8 Å². The highest BCUT2D eigenvalue weighted by Crippen LogP contribution is 2.22. The summed E-state index contributed by atoms with van der Waals surface area (Å²) in [5.74, 6) is -0.454. The molecule has 2 aliphatic rings. The van der Waals surface area contributed by atoms with Gasteiger partial charge < -0.3 is 10.2 Å². The van der Waals surface area contributed by atoms with Crippen LogP contribution in [0.15, 0.2) is 53.4 Å². The molecule has 0 atom stereocenters. The molecule has 164 valence electrons. The third-order valence-corrected chi connectivity index (χ3v) is 7.70. The Kier molecular flexibility index (Phi) is 6.38. The second-order valence-corrected chi connectivity index (χ2v) is 9.96. The van der Waals surface area contributed by atoms with Crippen LogP contribution in [0.2, 0.25) is 0 Å². The van der Waals surface area contributed by atoms with Gasteiger partial charge in [-0.15, -0.1) is 0 Å². The number of anilines is 1. The molecule has 2 saturated heterocycles. The number of hydrogen-bond acceptors (Lipinski definition) is 4. The van der Waals surface area contributed by atoms with Crippen molar-refractivity contribution in [3.8, 4) is 0 Å². The molecule has 0 unspecified atom stereocenters. The molecule has 31 heavy (non-hydrogen) atoms. The van der Waals surface area contributed by atoms with Gasteiger partial charge in [-0.3, -0.25) is 9.59 Å². The molecule has 2 heterocycles. The van der Waals surface area contributed by atoms with E-state index in [9.17, 15) is 18.0 Å². The molecule has 7 nitrogen and oxygen atoms in total. The normalized spacial score (nSPS) is 17.5. The zero-order chi connectivity index (χ0) is 21.8. The first-order valence-corrected chi connectivity index (χ1v) is 12.2. The molecular weight excluding hydrogens is 414 g/mol. The van der Waals surface area contributed by atoms with Crippen molar-refractivity contribution in [1.82, 2.24) is 9.21 Å². The van der Waals surface area contributed by atoms with E-state index in [4.69, 9.17) is 0 Å². The van der Waals surface area contributed by atoms with Gasteiger partial charge in [-0.2, -0.15) is 4.31 Å². The predicted molar refractivity (Wildman–Crippen MR) is 119 cm³/mol. The van der Waals surface area contributed by atoms with Crippen molar-refractivity contribution < 1.29 is 18.0 Å². The Morgan fingerprint density at radius 2 is 1.42 bits per heavy atom. The minimum atomic E-state index is -3.62. The Bertz CT molecular complexity index is 1070. The van der Waals surface area contributed by atoms with Gasteiger partial charge in [0.15, 0.2) is 0 Å². The van der Waals surface area contributed by atoms with E-state index >= 15 is 0 Å². The lowest BCUT2D eigenvalue weighted by Gasteiger charge is -2.26. The first-order valence-electron chi connectivity index (χ1n) is 10.8. The van der Waals surface area contributed by atoms with Crippen molar-refractivity contribution in [2.75, 3.05) is 31.5 Å². The van der Waals surface area contributed by atoms with E-state index < -0.39 is 15.9 Å². The fraction of sp³-hybridized carbons (Fsp3) is 0.391. The van der Waals surface area contributed by atoms with E-state index in [-0.39, 0.29) is 16.4 Å². The van der Waals surface area contributed by atoms with Crippen LogP contribution >= 0.6 is 0 Å². The third-order valence-electron chi connectivity index (χ3n) is 5.81. The first-order chi connectivity index (χ1) is 14.9. The summed E-state index contributed by atoms with van der Waals surface area (Å²) in [5, 5.41) is 2.78. The molecule has 0 radical (unpaired) electrons. The van der Waals surface area contributed by atoms with Crippen molar-refractivity contribution in [2.24, 2.45) is 0 Å². The Morgan fingerprint density at radius 3 is 2.16 bits per heavy atom. The van der Waals surface area contributed by atoms with Gasteiger partial charge in [-0.05, 0) is 62.1 Å². The molecule has 2 aromatic rings. The topological polar surface area (TPSA) is 86.8 Å². The standard InChI is InChI=1S/C23H27N3O4S/c27-22(24-20-10-6-9-19(16-20)23(28)25-12-4-5-13-25)18-8-7-11-21(17-18)31(29,30)26-14-2-1-3-15-26/h6-11,16-17H,1-5,12-15H2,(H,24,27). The second-order valence-electron chi connectivity index (χ2n) is 8.03. The lowest BCUT2D eigenvalue weighted by Crippen LogP contribution is -2.35. The van der Waals surface area contributed by atoms with Crippen LogP contribution in [0.1, 0.15) is 52.8 Å². The second kappa shape index (κ2) is 9.20. The number of carbonyl (C=O) groups is 2. The fourth-order valence-corrected chi connectivity index (χ4v) is 5.65. The number of piperidine rings is 1. The summed E-state index contributed by atoms with van der Waals surface area (Å²) in [6.45, 7) is 2.54. The number of nitrogens with zero attached hydrogens (tertiary/aromatic N) is 2. The van der Waals surface area contributed by atoms with Gasteiger partial charge in [0.05, 0.1) is 4.90 Å². The molecule has 8 heteroatoms. The van der Waals surface area contributed by atoms with E-state index in [0.29, 0.717) is 24.3 Å². The van der Waals surface area contributed by atoms with Gasteiger partial charge >= 0.3 is 0 Å². The summed E-state index contributed by atoms with van der Waals surface area (Å²) in [6, 6.07) is 13.0. The van der Waals surface area contributed by atoms with E-state index in [0.717, 1.165) is 45.2 Å². The summed E-state index contributed by atoms with van der Waals surface area (Å²) < 4.78 is 27.3. The molecule has 4 rings (SSSR count). The van der Waals surface area contributed by atoms with Gasteiger partial charge in [-0.1, -0.05) is 18.6 Å². The minimum Gasteiger partial charge on any atom is -0.339 e. The zero-order valence-corrected chi connectivity index (χ0v) is 18.2. The fourth-order valence-electron chi connectivity index (χ4n) is 4.09. The van der Waals surface area contributed by atoms with Crippen LogP contribution in [0.25, 0.3) is 0 Å². The monoisotopic (exact) mass is 441 g/mol. The van der Waals surface area contributed by atoms with Crippen LogP contribution in [-0.2, 0) is 10.0 Å². The Labute approximate surface area is 183 Å². The molecule has 2 amide bonds. The maximum Gasteiger partial charge on any atom is 0.255 e. The number of benzene rings is 2.